The van der Waals surface area contributed by atoms with Crippen molar-refractivity contribution in [1.82, 2.24) is 10.2 Å². The van der Waals surface area contributed by atoms with Crippen LogP contribution in [0.5, 0.6) is 0 Å². The van der Waals surface area contributed by atoms with Crippen LogP contribution in [0, 0.1) is 11.3 Å². The number of nitrogens with one attached hydrogen (secondary N) is 1. The van der Waals surface area contributed by atoms with Gasteiger partial charge in [0.1, 0.15) is 0 Å². The highest BCUT2D eigenvalue weighted by atomic mass is 19.4. The predicted octanol–water partition coefficient (Wildman–Crippen LogP) is 6.92. The third-order valence-electron chi connectivity index (χ3n) is 5.79. The maximum atomic E-state index is 13.3. The van der Waals surface area contributed by atoms with E-state index in [-0.39, 0.29) is 5.56 Å². The molecule has 1 heterocycles. The molecule has 0 saturated carbocycles. The van der Waals surface area contributed by atoms with Gasteiger partial charge in [0.2, 0.25) is 0 Å². The summed E-state index contributed by atoms with van der Waals surface area (Å²) in [5.74, 6) is -1.06. The number of benzene rings is 3. The van der Waals surface area contributed by atoms with E-state index in [0.29, 0.717) is 23.1 Å². The van der Waals surface area contributed by atoms with Crippen molar-refractivity contribution in [3.8, 4) is 6.07 Å². The monoisotopic (exact) mass is 487 g/mol. The molecule has 0 amide bonds. The third kappa shape index (κ3) is 5.05. The average molecular weight is 487 g/mol. The van der Waals surface area contributed by atoms with Crippen molar-refractivity contribution in [2.75, 3.05) is 0 Å². The first-order valence-corrected chi connectivity index (χ1v) is 11.0. The molecule has 180 valence electrons. The molecule has 1 aromatic heterocycles. The normalized spacial score (nSPS) is 12.5. The highest BCUT2D eigenvalue weighted by Crippen LogP contribution is 2.38. The number of nitrogens with zero attached hydrogens (tertiary/aromatic N) is 2. The number of hydrogen-bond donors (Lipinski definition) is 2. The Morgan fingerprint density at radius 2 is 1.81 bits per heavy atom. The summed E-state index contributed by atoms with van der Waals surface area (Å²) in [4.78, 5) is 10.9. The summed E-state index contributed by atoms with van der Waals surface area (Å²) in [6.07, 6.45) is 0.0731. The van der Waals surface area contributed by atoms with Gasteiger partial charge in [0.05, 0.1) is 28.9 Å². The molecule has 0 unspecified atom stereocenters. The molecule has 8 heteroatoms. The van der Waals surface area contributed by atoms with Crippen LogP contribution in [0.1, 0.15) is 46.7 Å². The van der Waals surface area contributed by atoms with Gasteiger partial charge < -0.3 is 5.11 Å². The molecular formula is C28H20F3N3O2. The number of carbonyl (C=O) groups is 1. The number of aliphatic carboxylic acids is 1. The Morgan fingerprint density at radius 1 is 1.08 bits per heavy atom. The number of aromatic amines is 1. The number of carboxylic acids is 1. The average Bonchev–Trinajstić information content (AvgIpc) is 3.33. The quantitative estimate of drug-likeness (QED) is 0.228. The Kier molecular flexibility index (Phi) is 6.75. The van der Waals surface area contributed by atoms with Crippen LogP contribution in [0.25, 0.3) is 28.1 Å². The molecule has 5 nitrogen and oxygen atoms in total. The van der Waals surface area contributed by atoms with E-state index < -0.39 is 17.7 Å². The molecule has 2 N–H and O–H groups in total. The number of fused-ring (bicyclic) bond motifs is 1. The molecule has 36 heavy (non-hydrogen) atoms. The fourth-order valence-electron chi connectivity index (χ4n) is 4.12. The Hall–Kier alpha value is -4.64. The zero-order valence-electron chi connectivity index (χ0n) is 19.1. The number of carboxylic acid groups (broad SMARTS) is 1. The Morgan fingerprint density at radius 3 is 2.44 bits per heavy atom. The van der Waals surface area contributed by atoms with Gasteiger partial charge in [-0.1, -0.05) is 43.3 Å². The Bertz CT molecular complexity index is 1540. The molecule has 4 rings (SSSR count). The van der Waals surface area contributed by atoms with Gasteiger partial charge in [-0.05, 0) is 70.2 Å². The van der Waals surface area contributed by atoms with Gasteiger partial charge >= 0.3 is 12.1 Å². The molecular weight excluding hydrogens is 467 g/mol. The summed E-state index contributed by atoms with van der Waals surface area (Å²) in [7, 11) is 0. The summed E-state index contributed by atoms with van der Waals surface area (Å²) in [6.45, 7) is 1.88. The Labute approximate surface area is 204 Å². The smallest absolute Gasteiger partial charge is 0.416 e. The van der Waals surface area contributed by atoms with Crippen molar-refractivity contribution in [2.24, 2.45) is 0 Å². The number of alkyl halides is 3. The van der Waals surface area contributed by atoms with E-state index in [0.717, 1.165) is 45.8 Å². The second-order valence-corrected chi connectivity index (χ2v) is 8.04. The first-order valence-electron chi connectivity index (χ1n) is 11.0. The van der Waals surface area contributed by atoms with Crippen molar-refractivity contribution in [3.05, 3.63) is 106 Å². The van der Waals surface area contributed by atoms with Gasteiger partial charge in [-0.2, -0.15) is 23.5 Å². The molecule has 0 aliphatic rings. The lowest BCUT2D eigenvalue weighted by Crippen LogP contribution is -2.06. The minimum Gasteiger partial charge on any atom is -0.478 e. The van der Waals surface area contributed by atoms with Gasteiger partial charge in [-0.25, -0.2) is 4.79 Å². The summed E-state index contributed by atoms with van der Waals surface area (Å²) in [5.41, 5.74) is 4.02. The van der Waals surface area contributed by atoms with Crippen LogP contribution in [-0.4, -0.2) is 21.3 Å². The highest BCUT2D eigenvalue weighted by molar-refractivity contribution is 6.01. The zero-order valence-corrected chi connectivity index (χ0v) is 19.1. The van der Waals surface area contributed by atoms with E-state index in [2.05, 4.69) is 10.2 Å². The molecule has 4 aromatic rings. The van der Waals surface area contributed by atoms with Crippen LogP contribution in [0.4, 0.5) is 13.2 Å². The minimum atomic E-state index is -4.56. The van der Waals surface area contributed by atoms with Crippen molar-refractivity contribution in [2.45, 2.75) is 19.5 Å². The second-order valence-electron chi connectivity index (χ2n) is 8.04. The molecule has 3 aromatic carbocycles. The van der Waals surface area contributed by atoms with Crippen LogP contribution in [0.2, 0.25) is 0 Å². The molecule has 0 fully saturated rings. The number of halogens is 3. The first-order chi connectivity index (χ1) is 17.2. The van der Waals surface area contributed by atoms with E-state index in [9.17, 15) is 23.2 Å². The number of nitriles is 1. The lowest BCUT2D eigenvalue weighted by atomic mass is 9.85. The lowest BCUT2D eigenvalue weighted by molar-refractivity contribution is -0.137. The first kappa shape index (κ1) is 24.5. The molecule has 0 bridgehead atoms. The molecule has 0 aliphatic carbocycles. The van der Waals surface area contributed by atoms with E-state index in [1.165, 1.54) is 12.1 Å². The van der Waals surface area contributed by atoms with Crippen LogP contribution >= 0.6 is 0 Å². The fraction of sp³-hybridized carbons (Fsp3) is 0.107. The topological polar surface area (TPSA) is 89.8 Å². The summed E-state index contributed by atoms with van der Waals surface area (Å²) in [6, 6.07) is 18.0. The molecule has 0 spiro atoms. The van der Waals surface area contributed by atoms with Gasteiger partial charge in [0.15, 0.2) is 0 Å². The van der Waals surface area contributed by atoms with E-state index >= 15 is 0 Å². The summed E-state index contributed by atoms with van der Waals surface area (Å²) in [5, 5.41) is 26.4. The molecule has 0 atom stereocenters. The van der Waals surface area contributed by atoms with Crippen molar-refractivity contribution in [1.29, 1.82) is 5.26 Å². The van der Waals surface area contributed by atoms with E-state index in [4.69, 9.17) is 5.11 Å². The number of aromatic nitrogens is 2. The van der Waals surface area contributed by atoms with E-state index in [1.807, 2.05) is 43.3 Å². The van der Waals surface area contributed by atoms with Crippen molar-refractivity contribution in [3.63, 3.8) is 0 Å². The molecule has 0 aliphatic heterocycles. The largest absolute Gasteiger partial charge is 0.478 e. The molecule has 0 radical (unpaired) electrons. The highest BCUT2D eigenvalue weighted by Gasteiger charge is 2.31. The maximum Gasteiger partial charge on any atom is 0.416 e. The minimum absolute atomic E-state index is 0.0652. The third-order valence-corrected chi connectivity index (χ3v) is 5.79. The number of allylic oxidation sites excluding steroid dienone is 1. The van der Waals surface area contributed by atoms with Crippen LogP contribution < -0.4 is 0 Å². The van der Waals surface area contributed by atoms with Crippen LogP contribution in [0.15, 0.2) is 72.9 Å². The van der Waals surface area contributed by atoms with Gasteiger partial charge in [-0.3, -0.25) is 5.10 Å². The Balaban J connectivity index is 1.96. The standard InChI is InChI=1S/C28H20F3N3O2/c1-2-23(24-10-9-22(28(29,30)31)14-20(24)15-32)27(19-8-11-25-21(13-19)16-33-34-25)18-6-3-17(4-7-18)5-12-26(35)36/h3-14,16H,2H2,1H3,(H,33,34)(H,35,36). The van der Waals surface area contributed by atoms with Crippen molar-refractivity contribution < 1.29 is 23.1 Å². The maximum absolute atomic E-state index is 13.3. The fourth-order valence-corrected chi connectivity index (χ4v) is 4.12. The number of H-pyrrole nitrogens is 1. The van der Waals surface area contributed by atoms with Crippen molar-refractivity contribution >= 4 is 34.1 Å². The predicted molar refractivity (Wildman–Crippen MR) is 132 cm³/mol. The van der Waals surface area contributed by atoms with E-state index in [1.54, 1.807) is 18.3 Å². The van der Waals surface area contributed by atoms with Crippen LogP contribution in [-0.2, 0) is 11.0 Å². The lowest BCUT2D eigenvalue weighted by Gasteiger charge is -2.18. The second kappa shape index (κ2) is 9.92. The zero-order chi connectivity index (χ0) is 25.9. The van der Waals surface area contributed by atoms with Gasteiger partial charge in [0.25, 0.3) is 0 Å². The molecule has 0 saturated heterocycles. The number of rotatable bonds is 6. The number of hydrogen-bond acceptors (Lipinski definition) is 3. The summed E-state index contributed by atoms with van der Waals surface area (Å²) < 4.78 is 39.9. The van der Waals surface area contributed by atoms with Gasteiger partial charge in [-0.15, -0.1) is 0 Å². The van der Waals surface area contributed by atoms with Gasteiger partial charge in [0, 0.05) is 11.5 Å². The summed E-state index contributed by atoms with van der Waals surface area (Å²) >= 11 is 0. The SMILES string of the molecule is CCC(=C(c1ccc(C=CC(=O)O)cc1)c1ccc2[nH]ncc2c1)c1ccc(C(F)(F)F)cc1C#N. The van der Waals surface area contributed by atoms with Crippen LogP contribution in [0.3, 0.4) is 0 Å².